The number of piperazine rings is 1. The molecule has 5 heterocycles. The molecule has 4 aromatic heterocycles. The van der Waals surface area contributed by atoms with Gasteiger partial charge in [-0.25, -0.2) is 19.9 Å². The number of amides is 1. The summed E-state index contributed by atoms with van der Waals surface area (Å²) >= 11 is 0. The highest BCUT2D eigenvalue weighted by Gasteiger charge is 2.21. The molecule has 11 nitrogen and oxygen atoms in total. The molecule has 0 unspecified atom stereocenters. The zero-order valence-electron chi connectivity index (χ0n) is 20.0. The molecule has 1 amide bonds. The fourth-order valence-corrected chi connectivity index (χ4v) is 4.24. The second-order valence-corrected chi connectivity index (χ2v) is 8.51. The van der Waals surface area contributed by atoms with Crippen LogP contribution in [-0.4, -0.2) is 73.9 Å². The van der Waals surface area contributed by atoms with Crippen LogP contribution < -0.4 is 15.0 Å². The molecule has 1 aliphatic rings. The lowest BCUT2D eigenvalue weighted by Crippen LogP contribution is -2.47. The van der Waals surface area contributed by atoms with E-state index in [1.54, 1.807) is 20.4 Å². The lowest BCUT2D eigenvalue weighted by Gasteiger charge is -2.34. The maximum atomic E-state index is 11.7. The Morgan fingerprint density at radius 3 is 2.74 bits per heavy atom. The third kappa shape index (κ3) is 4.90. The van der Waals surface area contributed by atoms with Crippen LogP contribution >= 0.6 is 0 Å². The lowest BCUT2D eigenvalue weighted by atomic mass is 10.1. The molecule has 0 bridgehead atoms. The first-order valence-corrected chi connectivity index (χ1v) is 11.5. The van der Waals surface area contributed by atoms with Crippen molar-refractivity contribution in [3.05, 3.63) is 48.3 Å². The number of hydrogen-bond acceptors (Lipinski definition) is 8. The highest BCUT2D eigenvalue weighted by atomic mass is 16.5. The molecule has 1 saturated heterocycles. The molecule has 35 heavy (non-hydrogen) atoms. The second-order valence-electron chi connectivity index (χ2n) is 8.51. The molecule has 5 rings (SSSR count). The number of rotatable bonds is 6. The van der Waals surface area contributed by atoms with E-state index in [1.165, 1.54) is 0 Å². The predicted octanol–water partition coefficient (Wildman–Crippen LogP) is 1.95. The maximum Gasteiger partial charge on any atom is 0.365 e. The van der Waals surface area contributed by atoms with E-state index >= 15 is 0 Å². The van der Waals surface area contributed by atoms with Crippen LogP contribution in [0.1, 0.15) is 18.3 Å². The van der Waals surface area contributed by atoms with Gasteiger partial charge in [0.05, 0.1) is 19.5 Å². The normalized spacial score (nSPS) is 14.3. The van der Waals surface area contributed by atoms with E-state index in [0.29, 0.717) is 23.2 Å². The number of carbonyl (C=O) groups excluding carboxylic acids is 1. The average Bonchev–Trinajstić information content (AvgIpc) is 3.34. The Morgan fingerprint density at radius 1 is 1.20 bits per heavy atom. The molecule has 11 heteroatoms. The standard InChI is InChI=1S/C24H27N9O2/c1-15-29-21(22-24(30-15)28-14-27-22)19-10-17(13-32-6-8-33(9-7-32)16(2)34)11-26-23(19)31-18-4-5-20(35-3)25-12-18/h4-5,10-12,14H,6-9,13H2,1-3H3,(H,26,31)(H,27,28,29,30)/p+1. The summed E-state index contributed by atoms with van der Waals surface area (Å²) in [6.45, 7) is 7.35. The fourth-order valence-electron chi connectivity index (χ4n) is 4.24. The number of imidazole rings is 1. The molecular weight excluding hydrogens is 446 g/mol. The second kappa shape index (κ2) is 9.63. The molecule has 0 atom stereocenters. The number of H-pyrrole nitrogens is 2. The number of ether oxygens (including phenoxy) is 1. The van der Waals surface area contributed by atoms with Gasteiger partial charge in [-0.2, -0.15) is 4.98 Å². The molecule has 0 aliphatic carbocycles. The summed E-state index contributed by atoms with van der Waals surface area (Å²) in [5, 5.41) is 3.40. The van der Waals surface area contributed by atoms with E-state index in [0.717, 1.165) is 60.7 Å². The minimum atomic E-state index is 0.127. The van der Waals surface area contributed by atoms with Crippen molar-refractivity contribution in [2.75, 3.05) is 38.6 Å². The van der Waals surface area contributed by atoms with Crippen LogP contribution in [-0.2, 0) is 11.3 Å². The third-order valence-corrected chi connectivity index (χ3v) is 6.09. The lowest BCUT2D eigenvalue weighted by molar-refractivity contribution is -0.392. The number of pyridine rings is 2. The number of nitrogens with zero attached hydrogens (tertiary/aromatic N) is 6. The number of hydrogen-bond donors (Lipinski definition) is 2. The van der Waals surface area contributed by atoms with E-state index in [-0.39, 0.29) is 5.91 Å². The van der Waals surface area contributed by atoms with E-state index in [1.807, 2.05) is 36.4 Å². The Hall–Kier alpha value is -4.12. The Balaban J connectivity index is 1.49. The van der Waals surface area contributed by atoms with Gasteiger partial charge in [0.1, 0.15) is 28.5 Å². The first kappa shape index (κ1) is 22.7. The average molecular weight is 475 g/mol. The number of aromatic nitrogens is 6. The molecule has 180 valence electrons. The number of aryl methyl sites for hydroxylation is 1. The summed E-state index contributed by atoms with van der Waals surface area (Å²) in [4.78, 5) is 40.4. The Morgan fingerprint density at radius 2 is 2.03 bits per heavy atom. The highest BCUT2D eigenvalue weighted by Crippen LogP contribution is 2.32. The summed E-state index contributed by atoms with van der Waals surface area (Å²) in [5.41, 5.74) is 4.85. The van der Waals surface area contributed by atoms with Gasteiger partial charge in [0.25, 0.3) is 0 Å². The van der Waals surface area contributed by atoms with Crippen molar-refractivity contribution in [2.24, 2.45) is 0 Å². The van der Waals surface area contributed by atoms with Crippen molar-refractivity contribution >= 4 is 28.6 Å². The Bertz CT molecular complexity index is 1350. The van der Waals surface area contributed by atoms with Gasteiger partial charge in [0, 0.05) is 51.4 Å². The smallest absolute Gasteiger partial charge is 0.365 e. The molecule has 4 aromatic rings. The van der Waals surface area contributed by atoms with Crippen molar-refractivity contribution in [3.8, 4) is 17.1 Å². The topological polar surface area (TPSA) is 126 Å². The molecule has 1 fully saturated rings. The first-order valence-electron chi connectivity index (χ1n) is 11.5. The number of anilines is 2. The van der Waals surface area contributed by atoms with Crippen molar-refractivity contribution in [3.63, 3.8) is 0 Å². The molecule has 0 saturated carbocycles. The van der Waals surface area contributed by atoms with E-state index in [4.69, 9.17) is 14.7 Å². The minimum Gasteiger partial charge on any atom is -0.448 e. The van der Waals surface area contributed by atoms with Gasteiger partial charge in [-0.1, -0.05) is 0 Å². The van der Waals surface area contributed by atoms with Crippen LogP contribution in [0.15, 0.2) is 36.9 Å². The van der Waals surface area contributed by atoms with E-state index < -0.39 is 0 Å². The maximum absolute atomic E-state index is 11.7. The first-order chi connectivity index (χ1) is 17.0. The summed E-state index contributed by atoms with van der Waals surface area (Å²) in [7, 11) is 1.62. The van der Waals surface area contributed by atoms with Gasteiger partial charge in [0.15, 0.2) is 11.8 Å². The van der Waals surface area contributed by atoms with Gasteiger partial charge in [0.2, 0.25) is 5.91 Å². The van der Waals surface area contributed by atoms with Crippen LogP contribution in [0.5, 0.6) is 5.88 Å². The van der Waals surface area contributed by atoms with Crippen molar-refractivity contribution in [1.82, 2.24) is 34.7 Å². The largest absolute Gasteiger partial charge is 0.448 e. The molecule has 3 N–H and O–H groups in total. The fraction of sp³-hybridized carbons (Fsp3) is 0.333. The SMILES string of the molecule is COc1ccc(Nc2ncc(CN3CCN(C(C)=O)CC3)cc2-c2nc(C)nc3nc[nH]c23)c[nH+]1. The highest BCUT2D eigenvalue weighted by molar-refractivity contribution is 5.91. The third-order valence-electron chi connectivity index (χ3n) is 6.09. The van der Waals surface area contributed by atoms with Gasteiger partial charge < -0.3 is 19.9 Å². The zero-order chi connectivity index (χ0) is 24.4. The number of fused-ring (bicyclic) bond motifs is 1. The molecule has 0 radical (unpaired) electrons. The Labute approximate surface area is 202 Å². The van der Waals surface area contributed by atoms with Gasteiger partial charge in [-0.05, 0) is 24.6 Å². The van der Waals surface area contributed by atoms with E-state index in [9.17, 15) is 4.79 Å². The quantitative estimate of drug-likeness (QED) is 0.434. The van der Waals surface area contributed by atoms with Gasteiger partial charge in [-0.15, -0.1) is 0 Å². The van der Waals surface area contributed by atoms with Gasteiger partial charge >= 0.3 is 5.88 Å². The van der Waals surface area contributed by atoms with Crippen LogP contribution in [0.25, 0.3) is 22.4 Å². The van der Waals surface area contributed by atoms with Gasteiger partial charge in [-0.3, -0.25) is 9.69 Å². The summed E-state index contributed by atoms with van der Waals surface area (Å²) < 4.78 is 5.22. The van der Waals surface area contributed by atoms with Crippen LogP contribution in [0.3, 0.4) is 0 Å². The van der Waals surface area contributed by atoms with Crippen molar-refractivity contribution < 1.29 is 14.5 Å². The van der Waals surface area contributed by atoms with Crippen molar-refractivity contribution in [2.45, 2.75) is 20.4 Å². The molecule has 0 aromatic carbocycles. The molecule has 0 spiro atoms. The zero-order valence-corrected chi connectivity index (χ0v) is 20.0. The number of methoxy groups -OCH3 is 1. The molecule has 1 aliphatic heterocycles. The molecular formula is C24H28N9O2+. The van der Waals surface area contributed by atoms with Crippen LogP contribution in [0, 0.1) is 6.92 Å². The Kier molecular flexibility index (Phi) is 6.23. The van der Waals surface area contributed by atoms with Crippen LogP contribution in [0.4, 0.5) is 11.5 Å². The monoisotopic (exact) mass is 474 g/mol. The van der Waals surface area contributed by atoms with Crippen molar-refractivity contribution in [1.29, 1.82) is 0 Å². The number of nitrogens with one attached hydrogen (secondary N) is 3. The number of aromatic amines is 2. The summed E-state index contributed by atoms with van der Waals surface area (Å²) in [6, 6.07) is 5.88. The summed E-state index contributed by atoms with van der Waals surface area (Å²) in [5.74, 6) is 2.09. The van der Waals surface area contributed by atoms with E-state index in [2.05, 4.69) is 36.2 Å². The summed E-state index contributed by atoms with van der Waals surface area (Å²) in [6.07, 6.45) is 5.33. The van der Waals surface area contributed by atoms with Crippen LogP contribution in [0.2, 0.25) is 0 Å². The minimum absolute atomic E-state index is 0.127. The number of carbonyl (C=O) groups is 1. The predicted molar refractivity (Wildman–Crippen MR) is 130 cm³/mol.